The quantitative estimate of drug-likeness (QED) is 0.228. The third-order valence-corrected chi connectivity index (χ3v) is 5.88. The average molecular weight is 513 g/mol. The number of aryl methyl sites for hydroxylation is 1. The highest BCUT2D eigenvalue weighted by Crippen LogP contribution is 2.40. The molecule has 1 aromatic carbocycles. The van der Waals surface area contributed by atoms with Crippen molar-refractivity contribution in [2.45, 2.75) is 52.5 Å². The molecule has 1 aliphatic carbocycles. The Morgan fingerprint density at radius 1 is 1.21 bits per heavy atom. The highest BCUT2D eigenvalue weighted by molar-refractivity contribution is 14.0. The first-order valence-electron chi connectivity index (χ1n) is 10.7. The van der Waals surface area contributed by atoms with Crippen molar-refractivity contribution in [1.29, 1.82) is 0 Å². The maximum Gasteiger partial charge on any atom is 0.191 e. The number of ether oxygens (including phenoxy) is 1. The smallest absolute Gasteiger partial charge is 0.191 e. The van der Waals surface area contributed by atoms with Gasteiger partial charge in [-0.1, -0.05) is 25.0 Å². The molecule has 0 amide bonds. The van der Waals surface area contributed by atoms with Gasteiger partial charge in [0.1, 0.15) is 12.4 Å². The molecule has 2 aromatic rings. The minimum atomic E-state index is 0. The summed E-state index contributed by atoms with van der Waals surface area (Å²) in [6.07, 6.45) is 6.31. The molecule has 0 aliphatic heterocycles. The van der Waals surface area contributed by atoms with Crippen LogP contribution in [0.15, 0.2) is 29.3 Å². The van der Waals surface area contributed by atoms with Crippen LogP contribution in [0, 0.1) is 5.41 Å². The number of halogens is 1. The van der Waals surface area contributed by atoms with E-state index in [1.165, 1.54) is 25.7 Å². The Bertz CT molecular complexity index is 783. The summed E-state index contributed by atoms with van der Waals surface area (Å²) in [5, 5.41) is 6.99. The second-order valence-corrected chi connectivity index (χ2v) is 7.78. The summed E-state index contributed by atoms with van der Waals surface area (Å²) in [6.45, 7) is 8.18. The SMILES string of the molecule is CCNC(=NCc1nc2ccccc2n1C)NCC1(CCOCC)CCCC1.I. The van der Waals surface area contributed by atoms with E-state index in [-0.39, 0.29) is 24.0 Å². The largest absolute Gasteiger partial charge is 0.382 e. The lowest BCUT2D eigenvalue weighted by Crippen LogP contribution is -2.43. The molecule has 6 nitrogen and oxygen atoms in total. The number of aromatic nitrogens is 2. The summed E-state index contributed by atoms with van der Waals surface area (Å²) >= 11 is 0. The van der Waals surface area contributed by atoms with Gasteiger partial charge in [0.05, 0.1) is 11.0 Å². The van der Waals surface area contributed by atoms with E-state index < -0.39 is 0 Å². The summed E-state index contributed by atoms with van der Waals surface area (Å²) in [5.41, 5.74) is 2.50. The molecule has 1 aliphatic rings. The Hall–Kier alpha value is -1.35. The van der Waals surface area contributed by atoms with E-state index in [1.807, 2.05) is 18.2 Å². The Balaban J connectivity index is 0.00000300. The van der Waals surface area contributed by atoms with Crippen molar-refractivity contribution in [3.05, 3.63) is 30.1 Å². The number of fused-ring (bicyclic) bond motifs is 1. The minimum Gasteiger partial charge on any atom is -0.382 e. The predicted molar refractivity (Wildman–Crippen MR) is 131 cm³/mol. The van der Waals surface area contributed by atoms with Crippen LogP contribution in [0.1, 0.15) is 51.8 Å². The molecule has 162 valence electrons. The van der Waals surface area contributed by atoms with Crippen LogP contribution in [0.3, 0.4) is 0 Å². The van der Waals surface area contributed by atoms with Gasteiger partial charge in [-0.15, -0.1) is 24.0 Å². The van der Waals surface area contributed by atoms with Crippen LogP contribution in [0.4, 0.5) is 0 Å². The van der Waals surface area contributed by atoms with Crippen molar-refractivity contribution in [3.63, 3.8) is 0 Å². The topological polar surface area (TPSA) is 63.5 Å². The van der Waals surface area contributed by atoms with Gasteiger partial charge in [-0.05, 0) is 50.7 Å². The van der Waals surface area contributed by atoms with E-state index >= 15 is 0 Å². The summed E-state index contributed by atoms with van der Waals surface area (Å²) in [7, 11) is 2.06. The van der Waals surface area contributed by atoms with Crippen molar-refractivity contribution < 1.29 is 4.74 Å². The van der Waals surface area contributed by atoms with Crippen LogP contribution in [0.25, 0.3) is 11.0 Å². The summed E-state index contributed by atoms with van der Waals surface area (Å²) < 4.78 is 7.77. The maximum absolute atomic E-state index is 5.64. The highest BCUT2D eigenvalue weighted by atomic mass is 127. The number of para-hydroxylation sites is 2. The second-order valence-electron chi connectivity index (χ2n) is 7.78. The fourth-order valence-corrected chi connectivity index (χ4v) is 4.17. The molecule has 0 atom stereocenters. The maximum atomic E-state index is 5.64. The van der Waals surface area contributed by atoms with Crippen LogP contribution in [0.5, 0.6) is 0 Å². The van der Waals surface area contributed by atoms with Crippen LogP contribution in [0.2, 0.25) is 0 Å². The minimum absolute atomic E-state index is 0. The first kappa shape index (κ1) is 23.9. The molecule has 1 aromatic heterocycles. The van der Waals surface area contributed by atoms with Gasteiger partial charge in [-0.3, -0.25) is 0 Å². The van der Waals surface area contributed by atoms with Crippen molar-refractivity contribution in [3.8, 4) is 0 Å². The standard InChI is InChI=1S/C22H35N5O.HI/c1-4-23-21(25-17-22(12-8-9-13-22)14-15-28-5-2)24-16-20-26-18-10-6-7-11-19(18)27(20)3;/h6-7,10-11H,4-5,8-9,12-17H2,1-3H3,(H2,23,24,25);1H. The van der Waals surface area contributed by atoms with Crippen LogP contribution >= 0.6 is 24.0 Å². The number of hydrogen-bond donors (Lipinski definition) is 2. The predicted octanol–water partition coefficient (Wildman–Crippen LogP) is 4.23. The van der Waals surface area contributed by atoms with Gasteiger partial charge in [0, 0.05) is 33.4 Å². The molecule has 0 bridgehead atoms. The molecule has 0 spiro atoms. The third-order valence-electron chi connectivity index (χ3n) is 5.88. The van der Waals surface area contributed by atoms with Gasteiger partial charge >= 0.3 is 0 Å². The number of hydrogen-bond acceptors (Lipinski definition) is 3. The monoisotopic (exact) mass is 513 g/mol. The first-order chi connectivity index (χ1) is 13.7. The molecule has 2 N–H and O–H groups in total. The van der Waals surface area contributed by atoms with Crippen LogP contribution < -0.4 is 10.6 Å². The molecule has 1 fully saturated rings. The highest BCUT2D eigenvalue weighted by Gasteiger charge is 2.33. The molecule has 3 rings (SSSR count). The van der Waals surface area contributed by atoms with Crippen LogP contribution in [-0.4, -0.2) is 41.8 Å². The molecule has 1 heterocycles. The third kappa shape index (κ3) is 6.31. The van der Waals surface area contributed by atoms with Crippen LogP contribution in [-0.2, 0) is 18.3 Å². The van der Waals surface area contributed by atoms with Gasteiger partial charge in [0.15, 0.2) is 5.96 Å². The number of benzene rings is 1. The zero-order chi connectivity index (χ0) is 19.8. The second kappa shape index (κ2) is 11.7. The number of nitrogens with zero attached hydrogens (tertiary/aromatic N) is 3. The fourth-order valence-electron chi connectivity index (χ4n) is 4.17. The van der Waals surface area contributed by atoms with E-state index in [0.717, 1.165) is 55.5 Å². The van der Waals surface area contributed by atoms with Gasteiger partial charge in [0.25, 0.3) is 0 Å². The number of guanidine groups is 1. The lowest BCUT2D eigenvalue weighted by molar-refractivity contribution is 0.105. The molecule has 7 heteroatoms. The van der Waals surface area contributed by atoms with E-state index in [1.54, 1.807) is 0 Å². The van der Waals surface area contributed by atoms with Crippen molar-refractivity contribution in [2.24, 2.45) is 17.5 Å². The van der Waals surface area contributed by atoms with Gasteiger partial charge in [-0.25, -0.2) is 9.98 Å². The molecule has 1 saturated carbocycles. The molecular weight excluding hydrogens is 477 g/mol. The zero-order valence-electron chi connectivity index (χ0n) is 18.0. The fraction of sp³-hybridized carbons (Fsp3) is 0.636. The molecular formula is C22H36IN5O. The molecule has 0 unspecified atom stereocenters. The Morgan fingerprint density at radius 3 is 2.66 bits per heavy atom. The first-order valence-corrected chi connectivity index (χ1v) is 10.7. The Kier molecular flexibility index (Phi) is 9.68. The number of nitrogens with one attached hydrogen (secondary N) is 2. The summed E-state index contributed by atoms with van der Waals surface area (Å²) in [6, 6.07) is 8.22. The van der Waals surface area contributed by atoms with Gasteiger partial charge < -0.3 is 19.9 Å². The zero-order valence-corrected chi connectivity index (χ0v) is 20.4. The Labute approximate surface area is 191 Å². The Morgan fingerprint density at radius 2 is 1.97 bits per heavy atom. The summed E-state index contributed by atoms with van der Waals surface area (Å²) in [5.74, 6) is 1.85. The molecule has 29 heavy (non-hydrogen) atoms. The number of aliphatic imine (C=N–C) groups is 1. The summed E-state index contributed by atoms with van der Waals surface area (Å²) in [4.78, 5) is 9.54. The normalized spacial score (nSPS) is 16.0. The number of rotatable bonds is 9. The van der Waals surface area contributed by atoms with E-state index in [0.29, 0.717) is 12.0 Å². The van der Waals surface area contributed by atoms with Gasteiger partial charge in [-0.2, -0.15) is 0 Å². The van der Waals surface area contributed by atoms with Crippen molar-refractivity contribution >= 4 is 41.0 Å². The van der Waals surface area contributed by atoms with E-state index in [2.05, 4.69) is 42.2 Å². The van der Waals surface area contributed by atoms with E-state index in [4.69, 9.17) is 14.7 Å². The number of imidazole rings is 1. The van der Waals surface area contributed by atoms with Crippen molar-refractivity contribution in [2.75, 3.05) is 26.3 Å². The lowest BCUT2D eigenvalue weighted by atomic mass is 9.83. The molecule has 0 saturated heterocycles. The van der Waals surface area contributed by atoms with Gasteiger partial charge in [0.2, 0.25) is 0 Å². The lowest BCUT2D eigenvalue weighted by Gasteiger charge is -2.30. The average Bonchev–Trinajstić information content (AvgIpc) is 3.30. The molecule has 0 radical (unpaired) electrons. The van der Waals surface area contributed by atoms with Crippen molar-refractivity contribution in [1.82, 2.24) is 20.2 Å². The van der Waals surface area contributed by atoms with E-state index in [9.17, 15) is 0 Å².